The fourth-order valence-electron chi connectivity index (χ4n) is 4.16. The van der Waals surface area contributed by atoms with Crippen LogP contribution in [0, 0.1) is 6.92 Å². The topological polar surface area (TPSA) is 105 Å². The van der Waals surface area contributed by atoms with Gasteiger partial charge >= 0.3 is 0 Å². The van der Waals surface area contributed by atoms with Gasteiger partial charge < -0.3 is 24.3 Å². The van der Waals surface area contributed by atoms with Gasteiger partial charge in [0.2, 0.25) is 0 Å². The van der Waals surface area contributed by atoms with E-state index in [4.69, 9.17) is 14.2 Å². The van der Waals surface area contributed by atoms with Crippen LogP contribution in [0.25, 0.3) is 5.69 Å². The molecule has 0 aliphatic carbocycles. The maximum atomic E-state index is 13.3. The summed E-state index contributed by atoms with van der Waals surface area (Å²) < 4.78 is 18.4. The molecule has 0 radical (unpaired) electrons. The first kappa shape index (κ1) is 29.7. The molecular formula is C30H40N4O5. The summed E-state index contributed by atoms with van der Waals surface area (Å²) in [4.78, 5) is 23.7. The van der Waals surface area contributed by atoms with Crippen molar-refractivity contribution in [2.75, 3.05) is 26.1 Å². The molecule has 0 aliphatic rings. The molecule has 0 bridgehead atoms. The summed E-state index contributed by atoms with van der Waals surface area (Å²) >= 11 is 0. The number of nitrogens with one attached hydrogen (secondary N) is 1. The molecule has 1 amide bonds. The number of hydrogen-bond donors (Lipinski definition) is 1. The van der Waals surface area contributed by atoms with E-state index in [1.54, 1.807) is 44.0 Å². The number of ether oxygens (including phenoxy) is 3. The molecule has 0 unspecified atom stereocenters. The predicted octanol–water partition coefficient (Wildman–Crippen LogP) is 6.06. The molecule has 3 rings (SSSR count). The summed E-state index contributed by atoms with van der Waals surface area (Å²) in [5.74, 6) is 1.56. The number of carbonyl (C=O) groups is 2. The van der Waals surface area contributed by atoms with Crippen molar-refractivity contribution in [1.82, 2.24) is 15.0 Å². The zero-order valence-corrected chi connectivity index (χ0v) is 23.9. The number of carbonyl (C=O) groups excluding carboxylic acids is 2. The maximum Gasteiger partial charge on any atom is 0.278 e. The molecule has 0 saturated heterocycles. The molecule has 39 heavy (non-hydrogen) atoms. The fraction of sp³-hybridized carbons (Fsp3) is 0.467. The van der Waals surface area contributed by atoms with Gasteiger partial charge in [-0.1, -0.05) is 45.2 Å². The highest BCUT2D eigenvalue weighted by molar-refractivity contribution is 6.03. The summed E-state index contributed by atoms with van der Waals surface area (Å²) in [6, 6.07) is 11.2. The van der Waals surface area contributed by atoms with E-state index < -0.39 is 0 Å². The number of methoxy groups -OCH3 is 2. The lowest BCUT2D eigenvalue weighted by Crippen LogP contribution is -2.16. The Kier molecular flexibility index (Phi) is 10.5. The Morgan fingerprint density at radius 1 is 0.974 bits per heavy atom. The molecule has 210 valence electrons. The Bertz CT molecular complexity index is 1260. The lowest BCUT2D eigenvalue weighted by Gasteiger charge is -2.21. The molecule has 1 heterocycles. The average Bonchev–Trinajstić information content (AvgIpc) is 3.30. The SMILES string of the molecule is COc1ccc(OC)c(-n2nnc(C(=O)Nc3cc(OCCCCCCCC=O)cc(C(C)(C)C)c3)c2C)c1. The molecule has 9 heteroatoms. The van der Waals surface area contributed by atoms with Crippen molar-refractivity contribution in [3.63, 3.8) is 0 Å². The maximum absolute atomic E-state index is 13.3. The van der Waals surface area contributed by atoms with Crippen LogP contribution in [-0.4, -0.2) is 48.0 Å². The first-order chi connectivity index (χ1) is 18.7. The van der Waals surface area contributed by atoms with Crippen molar-refractivity contribution in [3.05, 3.63) is 53.3 Å². The molecule has 0 fully saturated rings. The largest absolute Gasteiger partial charge is 0.497 e. The molecular weight excluding hydrogens is 496 g/mol. The summed E-state index contributed by atoms with van der Waals surface area (Å²) in [6.45, 7) is 8.73. The highest BCUT2D eigenvalue weighted by Gasteiger charge is 2.22. The van der Waals surface area contributed by atoms with Crippen molar-refractivity contribution in [2.24, 2.45) is 0 Å². The Labute approximate surface area is 230 Å². The Morgan fingerprint density at radius 3 is 2.41 bits per heavy atom. The van der Waals surface area contributed by atoms with E-state index in [-0.39, 0.29) is 17.0 Å². The number of aldehydes is 1. The number of hydrogen-bond acceptors (Lipinski definition) is 7. The van der Waals surface area contributed by atoms with E-state index in [1.807, 2.05) is 18.2 Å². The Balaban J connectivity index is 1.75. The van der Waals surface area contributed by atoms with Gasteiger partial charge in [0, 0.05) is 24.2 Å². The lowest BCUT2D eigenvalue weighted by atomic mass is 9.86. The molecule has 2 aromatic carbocycles. The van der Waals surface area contributed by atoms with Crippen LogP contribution in [0.5, 0.6) is 17.2 Å². The third-order valence-electron chi connectivity index (χ3n) is 6.49. The van der Waals surface area contributed by atoms with Crippen LogP contribution < -0.4 is 19.5 Å². The normalized spacial score (nSPS) is 11.2. The monoisotopic (exact) mass is 536 g/mol. The second-order valence-electron chi connectivity index (χ2n) is 10.5. The zero-order valence-electron chi connectivity index (χ0n) is 23.9. The zero-order chi connectivity index (χ0) is 28.4. The molecule has 3 aromatic rings. The van der Waals surface area contributed by atoms with Crippen molar-refractivity contribution < 1.29 is 23.8 Å². The molecule has 0 spiro atoms. The summed E-state index contributed by atoms with van der Waals surface area (Å²) in [7, 11) is 3.16. The standard InChI is InChI=1S/C30H40N4O5/c1-21-28(32-33-34(21)26-20-24(37-5)13-14-27(26)38-6)29(36)31-23-17-22(30(2,3)4)18-25(19-23)39-16-12-10-8-7-9-11-15-35/h13-15,17-20H,7-12,16H2,1-6H3,(H,31,36). The van der Waals surface area contributed by atoms with E-state index >= 15 is 0 Å². The van der Waals surface area contributed by atoms with E-state index in [1.165, 1.54) is 0 Å². The first-order valence-corrected chi connectivity index (χ1v) is 13.4. The van der Waals surface area contributed by atoms with Gasteiger partial charge in [-0.25, -0.2) is 4.68 Å². The number of anilines is 1. The van der Waals surface area contributed by atoms with Crippen LogP contribution in [0.1, 0.15) is 81.0 Å². The van der Waals surface area contributed by atoms with Crippen molar-refractivity contribution in [1.29, 1.82) is 0 Å². The molecule has 0 aliphatic heterocycles. The highest BCUT2D eigenvalue weighted by Crippen LogP contribution is 2.31. The van der Waals surface area contributed by atoms with Crippen LogP contribution >= 0.6 is 0 Å². The number of benzene rings is 2. The van der Waals surface area contributed by atoms with Crippen LogP contribution in [0.2, 0.25) is 0 Å². The minimum Gasteiger partial charge on any atom is -0.497 e. The minimum absolute atomic E-state index is 0.139. The van der Waals surface area contributed by atoms with Gasteiger partial charge in [0.05, 0.1) is 26.5 Å². The quantitative estimate of drug-likeness (QED) is 0.197. The summed E-state index contributed by atoms with van der Waals surface area (Å²) in [5, 5.41) is 11.4. The summed E-state index contributed by atoms with van der Waals surface area (Å²) in [6.07, 6.45) is 6.68. The lowest BCUT2D eigenvalue weighted by molar-refractivity contribution is -0.107. The Morgan fingerprint density at radius 2 is 1.72 bits per heavy atom. The van der Waals surface area contributed by atoms with Gasteiger partial charge in [-0.15, -0.1) is 5.10 Å². The van der Waals surface area contributed by atoms with Gasteiger partial charge in [-0.05, 0) is 55.0 Å². The van der Waals surface area contributed by atoms with E-state index in [0.29, 0.717) is 47.3 Å². The van der Waals surface area contributed by atoms with Gasteiger partial charge in [0.1, 0.15) is 29.2 Å². The second-order valence-corrected chi connectivity index (χ2v) is 10.5. The van der Waals surface area contributed by atoms with Crippen molar-refractivity contribution >= 4 is 17.9 Å². The number of rotatable bonds is 14. The van der Waals surface area contributed by atoms with Crippen LogP contribution in [0.4, 0.5) is 5.69 Å². The van der Waals surface area contributed by atoms with Crippen LogP contribution in [0.15, 0.2) is 36.4 Å². The summed E-state index contributed by atoms with van der Waals surface area (Å²) in [5.41, 5.74) is 2.93. The van der Waals surface area contributed by atoms with Crippen molar-refractivity contribution in [3.8, 4) is 22.9 Å². The number of amides is 1. The predicted molar refractivity (Wildman–Crippen MR) is 152 cm³/mol. The third kappa shape index (κ3) is 8.05. The minimum atomic E-state index is -0.368. The van der Waals surface area contributed by atoms with E-state index in [9.17, 15) is 9.59 Å². The van der Waals surface area contributed by atoms with Gasteiger partial charge in [-0.2, -0.15) is 0 Å². The number of aromatic nitrogens is 3. The average molecular weight is 537 g/mol. The third-order valence-corrected chi connectivity index (χ3v) is 6.49. The molecule has 1 aromatic heterocycles. The molecule has 0 saturated carbocycles. The Hall–Kier alpha value is -3.88. The highest BCUT2D eigenvalue weighted by atomic mass is 16.5. The molecule has 0 atom stereocenters. The first-order valence-electron chi connectivity index (χ1n) is 13.4. The van der Waals surface area contributed by atoms with Crippen LogP contribution in [-0.2, 0) is 10.2 Å². The number of unbranched alkanes of at least 4 members (excludes halogenated alkanes) is 5. The van der Waals surface area contributed by atoms with Crippen molar-refractivity contribution in [2.45, 2.75) is 71.6 Å². The fourth-order valence-corrected chi connectivity index (χ4v) is 4.16. The molecule has 1 N–H and O–H groups in total. The number of nitrogens with zero attached hydrogens (tertiary/aromatic N) is 3. The van der Waals surface area contributed by atoms with E-state index in [0.717, 1.165) is 44.0 Å². The van der Waals surface area contributed by atoms with Crippen LogP contribution in [0.3, 0.4) is 0 Å². The van der Waals surface area contributed by atoms with Gasteiger partial charge in [-0.3, -0.25) is 4.79 Å². The van der Waals surface area contributed by atoms with Gasteiger partial charge in [0.25, 0.3) is 5.91 Å². The van der Waals surface area contributed by atoms with E-state index in [2.05, 4.69) is 36.4 Å². The smallest absolute Gasteiger partial charge is 0.278 e. The second kappa shape index (κ2) is 13.8. The molecule has 9 nitrogen and oxygen atoms in total. The van der Waals surface area contributed by atoms with Gasteiger partial charge in [0.15, 0.2) is 5.69 Å².